The van der Waals surface area contributed by atoms with Crippen LogP contribution in [0.5, 0.6) is 0 Å². The summed E-state index contributed by atoms with van der Waals surface area (Å²) in [5, 5.41) is 12.9. The zero-order valence-electron chi connectivity index (χ0n) is 14.1. The minimum absolute atomic E-state index is 0.138. The number of nitrogens with zero attached hydrogens (tertiary/aromatic N) is 1. The minimum atomic E-state index is -0.935. The van der Waals surface area contributed by atoms with Gasteiger partial charge in [-0.15, -0.1) is 0 Å². The Hall–Kier alpha value is -1.79. The monoisotopic (exact) mass is 354 g/mol. The molecule has 7 heteroatoms. The van der Waals surface area contributed by atoms with Crippen LogP contribution in [0.15, 0.2) is 24.3 Å². The molecule has 0 spiro atoms. The molecule has 1 aliphatic heterocycles. The van der Waals surface area contributed by atoms with Gasteiger partial charge in [-0.3, -0.25) is 9.69 Å². The van der Waals surface area contributed by atoms with Gasteiger partial charge in [0.1, 0.15) is 11.6 Å². The van der Waals surface area contributed by atoms with E-state index in [1.54, 1.807) is 45.0 Å². The fraction of sp³-hybridized carbons (Fsp3) is 0.529. The van der Waals surface area contributed by atoms with Crippen LogP contribution in [0.3, 0.4) is 0 Å². The topological polar surface area (TPSA) is 78.9 Å². The number of benzene rings is 1. The van der Waals surface area contributed by atoms with E-state index in [1.807, 2.05) is 4.90 Å². The molecule has 1 saturated heterocycles. The second-order valence-corrected chi connectivity index (χ2v) is 7.36. The second-order valence-electron chi connectivity index (χ2n) is 6.92. The van der Waals surface area contributed by atoms with Gasteiger partial charge < -0.3 is 15.2 Å². The van der Waals surface area contributed by atoms with Gasteiger partial charge in [-0.2, -0.15) is 0 Å². The Balaban J connectivity index is 2.02. The molecule has 0 saturated carbocycles. The molecule has 0 aromatic heterocycles. The number of carbonyl (C=O) groups is 2. The average Bonchev–Trinajstić information content (AvgIpc) is 2.84. The van der Waals surface area contributed by atoms with Gasteiger partial charge >= 0.3 is 12.1 Å². The molecule has 0 bridgehead atoms. The summed E-state index contributed by atoms with van der Waals surface area (Å²) in [5.41, 5.74) is 0.0696. The highest BCUT2D eigenvalue weighted by Crippen LogP contribution is 2.27. The van der Waals surface area contributed by atoms with E-state index in [4.69, 9.17) is 16.3 Å². The molecule has 0 aliphatic carbocycles. The second kappa shape index (κ2) is 7.40. The molecule has 1 fully saturated rings. The van der Waals surface area contributed by atoms with Crippen molar-refractivity contribution in [3.63, 3.8) is 0 Å². The number of likely N-dealkylation sites (tertiary alicyclic amines) is 1. The number of hydrogen-bond acceptors (Lipinski definition) is 4. The Kier molecular flexibility index (Phi) is 5.72. The van der Waals surface area contributed by atoms with E-state index in [9.17, 15) is 14.7 Å². The van der Waals surface area contributed by atoms with Crippen LogP contribution in [0.4, 0.5) is 4.79 Å². The number of hydrogen-bond donors (Lipinski definition) is 2. The van der Waals surface area contributed by atoms with Crippen molar-refractivity contribution in [3.05, 3.63) is 34.9 Å². The van der Waals surface area contributed by atoms with Crippen molar-refractivity contribution in [1.82, 2.24) is 10.2 Å². The Morgan fingerprint density at radius 1 is 1.42 bits per heavy atom. The summed E-state index contributed by atoms with van der Waals surface area (Å²) in [5.74, 6) is -0.935. The number of amides is 1. The van der Waals surface area contributed by atoms with Crippen molar-refractivity contribution in [3.8, 4) is 0 Å². The van der Waals surface area contributed by atoms with Crippen molar-refractivity contribution < 1.29 is 19.4 Å². The lowest BCUT2D eigenvalue weighted by Crippen LogP contribution is -2.41. The minimum Gasteiger partial charge on any atom is -0.480 e. The number of alkyl carbamates (subject to hydrolysis) is 1. The Bertz CT molecular complexity index is 615. The molecule has 24 heavy (non-hydrogen) atoms. The van der Waals surface area contributed by atoms with Crippen LogP contribution in [0.1, 0.15) is 38.8 Å². The highest BCUT2D eigenvalue weighted by atomic mass is 35.5. The third-order valence-corrected chi connectivity index (χ3v) is 3.94. The molecule has 1 aliphatic rings. The standard InChI is InChI=1S/C17H23ClN2O4/c1-17(2,3)24-16(23)19-13-7-8-20(10-13)14(15(21)22)11-5-4-6-12(18)9-11/h4-6,9,13-14H,7-8,10H2,1-3H3,(H,19,23)(H,21,22)/t13-,14-/m0/s1. The fourth-order valence-electron chi connectivity index (χ4n) is 2.80. The summed E-state index contributed by atoms with van der Waals surface area (Å²) in [6, 6.07) is 5.94. The number of aliphatic carboxylic acids is 1. The molecule has 1 aromatic rings. The summed E-state index contributed by atoms with van der Waals surface area (Å²) in [6.45, 7) is 6.42. The zero-order valence-corrected chi connectivity index (χ0v) is 14.8. The van der Waals surface area contributed by atoms with Crippen molar-refractivity contribution >= 4 is 23.7 Å². The van der Waals surface area contributed by atoms with Crippen molar-refractivity contribution in [2.75, 3.05) is 13.1 Å². The molecule has 1 heterocycles. The molecular formula is C17H23ClN2O4. The molecule has 0 unspecified atom stereocenters. The van der Waals surface area contributed by atoms with Crippen LogP contribution >= 0.6 is 11.6 Å². The molecule has 1 amide bonds. The SMILES string of the molecule is CC(C)(C)OC(=O)N[C@H]1CCN([C@H](C(=O)O)c2cccc(Cl)c2)C1. The van der Waals surface area contributed by atoms with Crippen LogP contribution < -0.4 is 5.32 Å². The van der Waals surface area contributed by atoms with Gasteiger partial charge in [0.25, 0.3) is 0 Å². The van der Waals surface area contributed by atoms with Crippen LogP contribution in [-0.4, -0.2) is 46.8 Å². The van der Waals surface area contributed by atoms with Crippen molar-refractivity contribution in [2.45, 2.75) is 44.9 Å². The maximum absolute atomic E-state index is 11.9. The molecule has 2 atom stereocenters. The van der Waals surface area contributed by atoms with Gasteiger partial charge in [0, 0.05) is 24.2 Å². The quantitative estimate of drug-likeness (QED) is 0.868. The number of ether oxygens (including phenoxy) is 1. The number of carboxylic acid groups (broad SMARTS) is 1. The van der Waals surface area contributed by atoms with E-state index < -0.39 is 23.7 Å². The lowest BCUT2D eigenvalue weighted by atomic mass is 10.1. The maximum Gasteiger partial charge on any atom is 0.407 e. The van der Waals surface area contributed by atoms with E-state index in [1.165, 1.54) is 0 Å². The number of rotatable bonds is 4. The lowest BCUT2D eigenvalue weighted by Gasteiger charge is -2.25. The number of carboxylic acids is 1. The van der Waals surface area contributed by atoms with E-state index in [0.29, 0.717) is 30.1 Å². The third-order valence-electron chi connectivity index (χ3n) is 3.70. The summed E-state index contributed by atoms with van der Waals surface area (Å²) in [4.78, 5) is 25.4. The Morgan fingerprint density at radius 2 is 2.12 bits per heavy atom. The lowest BCUT2D eigenvalue weighted by molar-refractivity contribution is -0.143. The van der Waals surface area contributed by atoms with E-state index in [0.717, 1.165) is 0 Å². The molecule has 1 aromatic carbocycles. The van der Waals surface area contributed by atoms with Gasteiger partial charge in [-0.1, -0.05) is 23.7 Å². The summed E-state index contributed by atoms with van der Waals surface area (Å²) in [7, 11) is 0. The van der Waals surface area contributed by atoms with E-state index in [-0.39, 0.29) is 6.04 Å². The van der Waals surface area contributed by atoms with Crippen LogP contribution in [0, 0.1) is 0 Å². The highest BCUT2D eigenvalue weighted by Gasteiger charge is 2.34. The first-order valence-corrected chi connectivity index (χ1v) is 8.25. The zero-order chi connectivity index (χ0) is 17.9. The first-order valence-electron chi connectivity index (χ1n) is 7.87. The molecule has 2 rings (SSSR count). The molecular weight excluding hydrogens is 332 g/mol. The van der Waals surface area contributed by atoms with Crippen molar-refractivity contribution in [1.29, 1.82) is 0 Å². The maximum atomic E-state index is 11.9. The highest BCUT2D eigenvalue weighted by molar-refractivity contribution is 6.30. The fourth-order valence-corrected chi connectivity index (χ4v) is 3.00. The molecule has 132 valence electrons. The van der Waals surface area contributed by atoms with Crippen LogP contribution in [0.25, 0.3) is 0 Å². The predicted molar refractivity (Wildman–Crippen MR) is 91.2 cm³/mol. The van der Waals surface area contributed by atoms with Gasteiger partial charge in [-0.05, 0) is 44.9 Å². The number of carbonyl (C=O) groups excluding carboxylic acids is 1. The summed E-state index contributed by atoms with van der Waals surface area (Å²) in [6.07, 6.45) is 0.188. The molecule has 2 N–H and O–H groups in total. The number of halogens is 1. The van der Waals surface area contributed by atoms with Crippen LogP contribution in [-0.2, 0) is 9.53 Å². The normalized spacial score (nSPS) is 19.8. The molecule has 6 nitrogen and oxygen atoms in total. The van der Waals surface area contributed by atoms with Gasteiger partial charge in [0.2, 0.25) is 0 Å². The molecule has 0 radical (unpaired) electrons. The third kappa shape index (κ3) is 5.11. The Labute approximate surface area is 146 Å². The van der Waals surface area contributed by atoms with Gasteiger partial charge in [0.05, 0.1) is 0 Å². The average molecular weight is 355 g/mol. The van der Waals surface area contributed by atoms with Gasteiger partial charge in [-0.25, -0.2) is 4.79 Å². The largest absolute Gasteiger partial charge is 0.480 e. The van der Waals surface area contributed by atoms with Gasteiger partial charge in [0.15, 0.2) is 0 Å². The van der Waals surface area contributed by atoms with Crippen LogP contribution in [0.2, 0.25) is 5.02 Å². The summed E-state index contributed by atoms with van der Waals surface area (Å²) >= 11 is 5.97. The smallest absolute Gasteiger partial charge is 0.407 e. The Morgan fingerprint density at radius 3 is 2.71 bits per heavy atom. The first kappa shape index (κ1) is 18.5. The van der Waals surface area contributed by atoms with E-state index in [2.05, 4.69) is 5.32 Å². The first-order chi connectivity index (χ1) is 11.2. The predicted octanol–water partition coefficient (Wildman–Crippen LogP) is 3.06. The number of nitrogens with one attached hydrogen (secondary N) is 1. The van der Waals surface area contributed by atoms with Crippen molar-refractivity contribution in [2.24, 2.45) is 0 Å². The van der Waals surface area contributed by atoms with E-state index >= 15 is 0 Å². The summed E-state index contributed by atoms with van der Waals surface area (Å²) < 4.78 is 5.24.